The van der Waals surface area contributed by atoms with Crippen LogP contribution in [0.1, 0.15) is 38.7 Å². The van der Waals surface area contributed by atoms with Gasteiger partial charge in [-0.15, -0.1) is 0 Å². The van der Waals surface area contributed by atoms with Gasteiger partial charge in [-0.1, -0.05) is 26.0 Å². The van der Waals surface area contributed by atoms with Crippen LogP contribution in [0.2, 0.25) is 0 Å². The Morgan fingerprint density at radius 1 is 1.05 bits per heavy atom. The van der Waals surface area contributed by atoms with Crippen molar-refractivity contribution in [3.8, 4) is 0 Å². The smallest absolute Gasteiger partial charge is 0.0363 e. The summed E-state index contributed by atoms with van der Waals surface area (Å²) in [5.41, 5.74) is 2.80. The second-order valence-corrected chi connectivity index (χ2v) is 6.17. The Labute approximate surface area is 124 Å². The molecule has 0 amide bonds. The molecule has 0 radical (unpaired) electrons. The maximum Gasteiger partial charge on any atom is 0.0363 e. The summed E-state index contributed by atoms with van der Waals surface area (Å²) < 4.78 is 0. The molecule has 1 aliphatic rings. The molecular weight excluding hydrogens is 244 g/mol. The van der Waals surface area contributed by atoms with E-state index in [0.717, 1.165) is 12.5 Å². The molecule has 1 saturated carbocycles. The maximum absolute atomic E-state index is 2.61. The summed E-state index contributed by atoms with van der Waals surface area (Å²) in [6.45, 7) is 9.35. The Kier molecular flexibility index (Phi) is 5.90. The van der Waals surface area contributed by atoms with Crippen molar-refractivity contribution in [3.63, 3.8) is 0 Å². The summed E-state index contributed by atoms with van der Waals surface area (Å²) in [4.78, 5) is 4.93. The average Bonchev–Trinajstić information content (AvgIpc) is 3.28. The zero-order chi connectivity index (χ0) is 14.4. The fourth-order valence-corrected chi connectivity index (χ4v) is 2.71. The standard InChI is InChI=1S/C18H30N2/c1-4-13-19(3)18-10-8-16(9-11-18)12-14-20(5-2)15-17-6-7-17/h8-11,17H,4-7,12-15H2,1-3H3. The van der Waals surface area contributed by atoms with E-state index in [9.17, 15) is 0 Å². The maximum atomic E-state index is 2.61. The zero-order valence-electron chi connectivity index (χ0n) is 13.4. The first-order valence-corrected chi connectivity index (χ1v) is 8.25. The highest BCUT2D eigenvalue weighted by Gasteiger charge is 2.23. The molecule has 0 bridgehead atoms. The second kappa shape index (κ2) is 7.68. The molecule has 0 atom stereocenters. The van der Waals surface area contributed by atoms with Gasteiger partial charge in [0.2, 0.25) is 0 Å². The summed E-state index contributed by atoms with van der Waals surface area (Å²) in [6.07, 6.45) is 5.28. The minimum atomic E-state index is 1.00. The third-order valence-corrected chi connectivity index (χ3v) is 4.31. The van der Waals surface area contributed by atoms with Gasteiger partial charge in [0.1, 0.15) is 0 Å². The highest BCUT2D eigenvalue weighted by molar-refractivity contribution is 5.46. The predicted octanol–water partition coefficient (Wildman–Crippen LogP) is 3.81. The quantitative estimate of drug-likeness (QED) is 0.675. The van der Waals surface area contributed by atoms with Crippen molar-refractivity contribution >= 4 is 5.69 Å². The summed E-state index contributed by atoms with van der Waals surface area (Å²) >= 11 is 0. The molecule has 0 unspecified atom stereocenters. The lowest BCUT2D eigenvalue weighted by Gasteiger charge is -2.21. The van der Waals surface area contributed by atoms with Crippen LogP contribution in [0.25, 0.3) is 0 Å². The lowest BCUT2D eigenvalue weighted by Crippen LogP contribution is -2.28. The van der Waals surface area contributed by atoms with Gasteiger partial charge < -0.3 is 9.80 Å². The lowest BCUT2D eigenvalue weighted by atomic mass is 10.1. The van der Waals surface area contributed by atoms with E-state index >= 15 is 0 Å². The molecule has 1 fully saturated rings. The van der Waals surface area contributed by atoms with Crippen LogP contribution in [0, 0.1) is 5.92 Å². The van der Waals surface area contributed by atoms with Crippen molar-refractivity contribution in [3.05, 3.63) is 29.8 Å². The topological polar surface area (TPSA) is 6.48 Å². The first-order valence-electron chi connectivity index (χ1n) is 8.25. The van der Waals surface area contributed by atoms with E-state index in [4.69, 9.17) is 0 Å². The minimum absolute atomic E-state index is 1.00. The largest absolute Gasteiger partial charge is 0.375 e. The van der Waals surface area contributed by atoms with E-state index in [-0.39, 0.29) is 0 Å². The molecule has 20 heavy (non-hydrogen) atoms. The molecule has 2 heteroatoms. The third kappa shape index (κ3) is 4.82. The van der Waals surface area contributed by atoms with Crippen LogP contribution in [-0.2, 0) is 6.42 Å². The zero-order valence-corrected chi connectivity index (χ0v) is 13.4. The van der Waals surface area contributed by atoms with Gasteiger partial charge in [0.25, 0.3) is 0 Å². The van der Waals surface area contributed by atoms with Crippen molar-refractivity contribution in [2.45, 2.75) is 39.5 Å². The van der Waals surface area contributed by atoms with Crippen LogP contribution in [0.3, 0.4) is 0 Å². The van der Waals surface area contributed by atoms with Gasteiger partial charge in [0.05, 0.1) is 0 Å². The van der Waals surface area contributed by atoms with Crippen molar-refractivity contribution < 1.29 is 0 Å². The lowest BCUT2D eigenvalue weighted by molar-refractivity contribution is 0.280. The first-order chi connectivity index (χ1) is 9.72. The molecule has 1 aliphatic carbocycles. The van der Waals surface area contributed by atoms with E-state index in [1.807, 2.05) is 0 Å². The molecule has 0 N–H and O–H groups in total. The minimum Gasteiger partial charge on any atom is -0.375 e. The number of hydrogen-bond donors (Lipinski definition) is 0. The Morgan fingerprint density at radius 2 is 1.75 bits per heavy atom. The molecule has 0 spiro atoms. The van der Waals surface area contributed by atoms with Crippen LogP contribution >= 0.6 is 0 Å². The SMILES string of the molecule is CCCN(C)c1ccc(CCN(CC)CC2CC2)cc1. The molecule has 1 aromatic rings. The first kappa shape index (κ1) is 15.4. The van der Waals surface area contributed by atoms with Gasteiger partial charge >= 0.3 is 0 Å². The van der Waals surface area contributed by atoms with E-state index in [2.05, 4.69) is 55.0 Å². The molecule has 0 aromatic heterocycles. The molecule has 1 aromatic carbocycles. The molecule has 0 aliphatic heterocycles. The van der Waals surface area contributed by atoms with Gasteiger partial charge in [-0.3, -0.25) is 0 Å². The summed E-state index contributed by atoms with van der Waals surface area (Å²) in [7, 11) is 2.17. The number of nitrogens with zero attached hydrogens (tertiary/aromatic N) is 2. The fraction of sp³-hybridized carbons (Fsp3) is 0.667. The van der Waals surface area contributed by atoms with Crippen molar-refractivity contribution in [1.29, 1.82) is 0 Å². The van der Waals surface area contributed by atoms with Crippen LogP contribution < -0.4 is 4.90 Å². The fourth-order valence-electron chi connectivity index (χ4n) is 2.71. The Bertz CT molecular complexity index is 381. The van der Waals surface area contributed by atoms with Gasteiger partial charge in [-0.05, 0) is 55.8 Å². The van der Waals surface area contributed by atoms with Crippen LogP contribution in [0.4, 0.5) is 5.69 Å². The third-order valence-electron chi connectivity index (χ3n) is 4.31. The number of hydrogen-bond acceptors (Lipinski definition) is 2. The molecule has 0 heterocycles. The van der Waals surface area contributed by atoms with E-state index in [1.54, 1.807) is 0 Å². The van der Waals surface area contributed by atoms with Crippen molar-refractivity contribution in [2.75, 3.05) is 38.1 Å². The monoisotopic (exact) mass is 274 g/mol. The summed E-state index contributed by atoms with van der Waals surface area (Å²) in [5, 5.41) is 0. The highest BCUT2D eigenvalue weighted by atomic mass is 15.1. The van der Waals surface area contributed by atoms with Gasteiger partial charge in [0, 0.05) is 32.4 Å². The van der Waals surface area contributed by atoms with Crippen LogP contribution in [0.15, 0.2) is 24.3 Å². The number of rotatable bonds is 9. The van der Waals surface area contributed by atoms with Gasteiger partial charge in [-0.2, -0.15) is 0 Å². The molecular formula is C18H30N2. The Morgan fingerprint density at radius 3 is 2.30 bits per heavy atom. The predicted molar refractivity (Wildman–Crippen MR) is 88.5 cm³/mol. The number of anilines is 1. The molecule has 2 nitrogen and oxygen atoms in total. The summed E-state index contributed by atoms with van der Waals surface area (Å²) in [5.74, 6) is 1.00. The molecule has 112 valence electrons. The van der Waals surface area contributed by atoms with E-state index in [0.29, 0.717) is 0 Å². The highest BCUT2D eigenvalue weighted by Crippen LogP contribution is 2.29. The molecule has 0 saturated heterocycles. The van der Waals surface area contributed by atoms with Crippen LogP contribution in [-0.4, -0.2) is 38.1 Å². The van der Waals surface area contributed by atoms with E-state index in [1.165, 1.54) is 56.6 Å². The van der Waals surface area contributed by atoms with Gasteiger partial charge in [-0.25, -0.2) is 0 Å². The number of benzene rings is 1. The number of likely N-dealkylation sites (N-methyl/N-ethyl adjacent to an activating group) is 1. The van der Waals surface area contributed by atoms with E-state index < -0.39 is 0 Å². The van der Waals surface area contributed by atoms with Gasteiger partial charge in [0.15, 0.2) is 0 Å². The van der Waals surface area contributed by atoms with Crippen LogP contribution in [0.5, 0.6) is 0 Å². The summed E-state index contributed by atoms with van der Waals surface area (Å²) in [6, 6.07) is 9.13. The Balaban J connectivity index is 1.80. The second-order valence-electron chi connectivity index (χ2n) is 6.17. The average molecular weight is 274 g/mol. The molecule has 2 rings (SSSR count). The van der Waals surface area contributed by atoms with Crippen molar-refractivity contribution in [2.24, 2.45) is 5.92 Å². The van der Waals surface area contributed by atoms with Crippen molar-refractivity contribution in [1.82, 2.24) is 4.90 Å². The Hall–Kier alpha value is -1.02. The normalized spacial score (nSPS) is 14.8.